The van der Waals surface area contributed by atoms with Crippen molar-refractivity contribution >= 4 is 34.3 Å². The molecule has 16 heavy (non-hydrogen) atoms. The van der Waals surface area contributed by atoms with Crippen LogP contribution in [0.3, 0.4) is 0 Å². The lowest BCUT2D eigenvalue weighted by atomic mass is 10.3. The van der Waals surface area contributed by atoms with E-state index in [1.54, 1.807) is 12.4 Å². The molecule has 0 bridgehead atoms. The summed E-state index contributed by atoms with van der Waals surface area (Å²) < 4.78 is 0. The lowest BCUT2D eigenvalue weighted by molar-refractivity contribution is 1.00. The van der Waals surface area contributed by atoms with Gasteiger partial charge in [0.15, 0.2) is 5.16 Å². The fourth-order valence-electron chi connectivity index (χ4n) is 1.01. The lowest BCUT2D eigenvalue weighted by Crippen LogP contribution is -1.88. The van der Waals surface area contributed by atoms with Gasteiger partial charge in [0.05, 0.1) is 10.9 Å². The first-order valence-electron chi connectivity index (χ1n) is 5.04. The molecule has 0 aliphatic heterocycles. The van der Waals surface area contributed by atoms with E-state index in [4.69, 9.17) is 11.6 Å². The average Bonchev–Trinajstić information content (AvgIpc) is 2.30. The molecule has 2 aromatic rings. The Balaban J connectivity index is 0.000000386. The highest BCUT2D eigenvalue weighted by atomic mass is 35.5. The van der Waals surface area contributed by atoms with Crippen LogP contribution in [0, 0.1) is 0 Å². The Bertz CT molecular complexity index is 462. The lowest BCUT2D eigenvalue weighted by Gasteiger charge is -1.99. The van der Waals surface area contributed by atoms with E-state index in [2.05, 4.69) is 28.8 Å². The molecule has 2 heterocycles. The van der Waals surface area contributed by atoms with Gasteiger partial charge < -0.3 is 0 Å². The number of rotatable bonds is 1. The highest BCUT2D eigenvalue weighted by Crippen LogP contribution is 2.20. The van der Waals surface area contributed by atoms with Crippen LogP contribution in [0.5, 0.6) is 0 Å². The third-order valence-corrected chi connectivity index (χ3v) is 2.48. The zero-order valence-corrected chi connectivity index (χ0v) is 11.1. The summed E-state index contributed by atoms with van der Waals surface area (Å²) in [4.78, 5) is 12.3. The second kappa shape index (κ2) is 6.66. The first-order chi connectivity index (χ1) is 7.72. The predicted octanol–water partition coefficient (Wildman–Crippen LogP) is 3.82. The molecule has 0 aromatic carbocycles. The number of hydrogen-bond donors (Lipinski definition) is 0. The summed E-state index contributed by atoms with van der Waals surface area (Å²) in [5.41, 5.74) is 0.833. The van der Waals surface area contributed by atoms with Crippen molar-refractivity contribution in [3.63, 3.8) is 0 Å². The molecule has 0 saturated carbocycles. The minimum atomic E-state index is 0.449. The monoisotopic (exact) mass is 255 g/mol. The molecule has 3 nitrogen and oxygen atoms in total. The van der Waals surface area contributed by atoms with Gasteiger partial charge in [0.25, 0.3) is 0 Å². The molecule has 0 atom stereocenters. The molecule has 0 saturated heterocycles. The minimum absolute atomic E-state index is 0.449. The van der Waals surface area contributed by atoms with Crippen LogP contribution in [-0.4, -0.2) is 21.2 Å². The zero-order valence-electron chi connectivity index (χ0n) is 9.57. The molecule has 0 amide bonds. The number of nitrogens with zero attached hydrogens (tertiary/aromatic N) is 3. The van der Waals surface area contributed by atoms with Gasteiger partial charge >= 0.3 is 0 Å². The van der Waals surface area contributed by atoms with Crippen molar-refractivity contribution in [1.29, 1.82) is 0 Å². The summed E-state index contributed by atoms with van der Waals surface area (Å²) in [5.74, 6) is 0. The quantitative estimate of drug-likeness (QED) is 0.441. The highest BCUT2D eigenvalue weighted by molar-refractivity contribution is 7.98. The Morgan fingerprint density at radius 3 is 2.62 bits per heavy atom. The largest absolute Gasteiger partial charge is 0.244 e. The van der Waals surface area contributed by atoms with Crippen molar-refractivity contribution < 1.29 is 0 Å². The molecule has 0 fully saturated rings. The number of pyridine rings is 1. The molecule has 0 spiro atoms. The number of thioether (sulfide) groups is 1. The molecular weight excluding hydrogens is 242 g/mol. The van der Waals surface area contributed by atoms with Gasteiger partial charge in [-0.25, -0.2) is 15.0 Å². The van der Waals surface area contributed by atoms with Crippen LogP contribution in [0.4, 0.5) is 0 Å². The first-order valence-corrected chi connectivity index (χ1v) is 6.64. The summed E-state index contributed by atoms with van der Waals surface area (Å²) in [7, 11) is 0. The SMILES string of the molecule is CCC.CSc1ncc2c(Cl)nccc2n1. The van der Waals surface area contributed by atoms with E-state index >= 15 is 0 Å². The standard InChI is InChI=1S/C8H6ClN3S.C3H8/c1-13-8-11-4-5-6(12-8)2-3-10-7(5)9;1-3-2/h2-4H,1H3;3H2,1-2H3. The number of hydrogen-bond acceptors (Lipinski definition) is 4. The van der Waals surface area contributed by atoms with Gasteiger partial charge in [-0.05, 0) is 12.3 Å². The van der Waals surface area contributed by atoms with Gasteiger partial charge in [0, 0.05) is 12.4 Å². The van der Waals surface area contributed by atoms with Crippen LogP contribution >= 0.6 is 23.4 Å². The Morgan fingerprint density at radius 2 is 2.00 bits per heavy atom. The van der Waals surface area contributed by atoms with Crippen molar-refractivity contribution in [3.05, 3.63) is 23.6 Å². The predicted molar refractivity (Wildman–Crippen MR) is 70.1 cm³/mol. The number of fused-ring (bicyclic) bond motifs is 1. The molecule has 5 heteroatoms. The second-order valence-corrected chi connectivity index (χ2v) is 4.23. The third kappa shape index (κ3) is 3.32. The van der Waals surface area contributed by atoms with E-state index in [0.29, 0.717) is 5.15 Å². The van der Waals surface area contributed by atoms with Gasteiger partial charge in [-0.15, -0.1) is 0 Å². The van der Waals surface area contributed by atoms with Gasteiger partial charge in [-0.1, -0.05) is 43.6 Å². The molecule has 0 radical (unpaired) electrons. The van der Waals surface area contributed by atoms with E-state index in [0.717, 1.165) is 16.1 Å². The third-order valence-electron chi connectivity index (χ3n) is 1.62. The summed E-state index contributed by atoms with van der Waals surface area (Å²) in [6, 6.07) is 1.82. The fourth-order valence-corrected chi connectivity index (χ4v) is 1.55. The van der Waals surface area contributed by atoms with Crippen LogP contribution in [0.2, 0.25) is 5.15 Å². The Morgan fingerprint density at radius 1 is 1.31 bits per heavy atom. The smallest absolute Gasteiger partial charge is 0.187 e. The van der Waals surface area contributed by atoms with Crippen LogP contribution in [0.25, 0.3) is 10.9 Å². The van der Waals surface area contributed by atoms with Gasteiger partial charge in [-0.3, -0.25) is 0 Å². The summed E-state index contributed by atoms with van der Waals surface area (Å²) in [6.45, 7) is 4.25. The second-order valence-electron chi connectivity index (χ2n) is 3.10. The highest BCUT2D eigenvalue weighted by Gasteiger charge is 2.02. The number of aromatic nitrogens is 3. The Hall–Kier alpha value is -0.870. The summed E-state index contributed by atoms with van der Waals surface area (Å²) in [5, 5.41) is 1.99. The summed E-state index contributed by atoms with van der Waals surface area (Å²) in [6.07, 6.45) is 6.52. The molecule has 86 valence electrons. The van der Waals surface area contributed by atoms with E-state index in [1.165, 1.54) is 18.2 Å². The van der Waals surface area contributed by atoms with Crippen LogP contribution in [0.15, 0.2) is 23.6 Å². The van der Waals surface area contributed by atoms with Gasteiger partial charge in [0.1, 0.15) is 5.15 Å². The molecule has 0 unspecified atom stereocenters. The maximum Gasteiger partial charge on any atom is 0.187 e. The summed E-state index contributed by atoms with van der Waals surface area (Å²) >= 11 is 7.36. The molecule has 2 rings (SSSR count). The Labute approximate surface area is 105 Å². The van der Waals surface area contributed by atoms with Crippen molar-refractivity contribution in [1.82, 2.24) is 15.0 Å². The van der Waals surface area contributed by atoms with Crippen LogP contribution in [-0.2, 0) is 0 Å². The number of halogens is 1. The van der Waals surface area contributed by atoms with E-state index in [1.807, 2.05) is 12.3 Å². The topological polar surface area (TPSA) is 38.7 Å². The first kappa shape index (κ1) is 13.2. The van der Waals surface area contributed by atoms with Crippen LogP contribution in [0.1, 0.15) is 20.3 Å². The Kier molecular flexibility index (Phi) is 5.49. The molecule has 0 N–H and O–H groups in total. The van der Waals surface area contributed by atoms with Crippen LogP contribution < -0.4 is 0 Å². The maximum absolute atomic E-state index is 5.85. The normalized spacial score (nSPS) is 9.75. The van der Waals surface area contributed by atoms with Crippen molar-refractivity contribution in [2.24, 2.45) is 0 Å². The van der Waals surface area contributed by atoms with E-state index in [-0.39, 0.29) is 0 Å². The molecule has 0 aliphatic carbocycles. The molecule has 2 aromatic heterocycles. The molecular formula is C11H14ClN3S. The van der Waals surface area contributed by atoms with E-state index in [9.17, 15) is 0 Å². The molecule has 0 aliphatic rings. The minimum Gasteiger partial charge on any atom is -0.244 e. The maximum atomic E-state index is 5.85. The van der Waals surface area contributed by atoms with Gasteiger partial charge in [0.2, 0.25) is 0 Å². The van der Waals surface area contributed by atoms with Crippen molar-refractivity contribution in [3.8, 4) is 0 Å². The van der Waals surface area contributed by atoms with Gasteiger partial charge in [-0.2, -0.15) is 0 Å². The average molecular weight is 256 g/mol. The van der Waals surface area contributed by atoms with E-state index < -0.39 is 0 Å². The zero-order chi connectivity index (χ0) is 12.0. The van der Waals surface area contributed by atoms with Crippen molar-refractivity contribution in [2.45, 2.75) is 25.4 Å². The fraction of sp³-hybridized carbons (Fsp3) is 0.364. The van der Waals surface area contributed by atoms with Crippen molar-refractivity contribution in [2.75, 3.05) is 6.26 Å².